The zero-order valence-electron chi connectivity index (χ0n) is 12.0. The van der Waals surface area contributed by atoms with Crippen molar-refractivity contribution in [2.45, 2.75) is 38.8 Å². The van der Waals surface area contributed by atoms with Crippen molar-refractivity contribution in [1.82, 2.24) is 4.90 Å². The Hall–Kier alpha value is -1.88. The van der Waals surface area contributed by atoms with Crippen LogP contribution in [0.2, 0.25) is 0 Å². The number of benzene rings is 1. The highest BCUT2D eigenvalue weighted by Crippen LogP contribution is 2.08. The van der Waals surface area contributed by atoms with E-state index in [0.29, 0.717) is 6.42 Å². The number of carbonyl (C=O) groups excluding carboxylic acids is 1. The van der Waals surface area contributed by atoms with Crippen LogP contribution in [0.1, 0.15) is 25.8 Å². The summed E-state index contributed by atoms with van der Waals surface area (Å²) in [5, 5.41) is 8.73. The van der Waals surface area contributed by atoms with E-state index < -0.39 is 12.0 Å². The summed E-state index contributed by atoms with van der Waals surface area (Å²) in [5.41, 5.74) is 6.95. The number of nitrogens with zero attached hydrogens (tertiary/aromatic N) is 1. The van der Waals surface area contributed by atoms with Crippen molar-refractivity contribution in [3.63, 3.8) is 0 Å². The molecular formula is C15H22N2O3. The van der Waals surface area contributed by atoms with Gasteiger partial charge in [0.05, 0.1) is 12.5 Å². The molecule has 5 nitrogen and oxygen atoms in total. The van der Waals surface area contributed by atoms with Gasteiger partial charge in [0.1, 0.15) is 0 Å². The lowest BCUT2D eigenvalue weighted by atomic mass is 10.0. The zero-order valence-corrected chi connectivity index (χ0v) is 12.0. The maximum atomic E-state index is 12.3. The summed E-state index contributed by atoms with van der Waals surface area (Å²) in [5.74, 6) is -1.12. The minimum atomic E-state index is -0.917. The molecule has 0 aromatic heterocycles. The summed E-state index contributed by atoms with van der Waals surface area (Å²) >= 11 is 0. The van der Waals surface area contributed by atoms with Crippen molar-refractivity contribution < 1.29 is 14.7 Å². The first-order valence-corrected chi connectivity index (χ1v) is 6.73. The third kappa shape index (κ3) is 5.01. The van der Waals surface area contributed by atoms with Gasteiger partial charge < -0.3 is 15.7 Å². The average Bonchev–Trinajstić information content (AvgIpc) is 2.39. The first kappa shape index (κ1) is 16.2. The van der Waals surface area contributed by atoms with E-state index in [1.165, 1.54) is 4.90 Å². The maximum Gasteiger partial charge on any atom is 0.305 e. The molecule has 110 valence electrons. The molecule has 0 aliphatic carbocycles. The number of hydrogen-bond acceptors (Lipinski definition) is 3. The number of carbonyl (C=O) groups is 2. The number of aliphatic carboxylic acids is 1. The SMILES string of the molecule is CC(C)N(CCC(=O)O)C(=O)[C@H](N)Cc1ccccc1. The van der Waals surface area contributed by atoms with Crippen molar-refractivity contribution in [1.29, 1.82) is 0 Å². The lowest BCUT2D eigenvalue weighted by Gasteiger charge is -2.29. The molecule has 0 aliphatic rings. The van der Waals surface area contributed by atoms with Gasteiger partial charge in [-0.05, 0) is 25.8 Å². The van der Waals surface area contributed by atoms with Gasteiger partial charge in [0.2, 0.25) is 5.91 Å². The van der Waals surface area contributed by atoms with Gasteiger partial charge in [-0.1, -0.05) is 30.3 Å². The summed E-state index contributed by atoms with van der Waals surface area (Å²) in [6.07, 6.45) is 0.387. The van der Waals surface area contributed by atoms with Gasteiger partial charge in [0.15, 0.2) is 0 Å². The summed E-state index contributed by atoms with van der Waals surface area (Å²) in [7, 11) is 0. The van der Waals surface area contributed by atoms with Crippen molar-refractivity contribution >= 4 is 11.9 Å². The fourth-order valence-electron chi connectivity index (χ4n) is 2.01. The quantitative estimate of drug-likeness (QED) is 0.786. The second-order valence-electron chi connectivity index (χ2n) is 5.07. The Balaban J connectivity index is 2.66. The Morgan fingerprint density at radius 1 is 1.25 bits per heavy atom. The first-order chi connectivity index (χ1) is 9.41. The second kappa shape index (κ2) is 7.65. The number of hydrogen-bond donors (Lipinski definition) is 2. The number of carboxylic acids is 1. The van der Waals surface area contributed by atoms with Crippen LogP contribution in [-0.2, 0) is 16.0 Å². The Kier molecular flexibility index (Phi) is 6.18. The Labute approximate surface area is 119 Å². The van der Waals surface area contributed by atoms with Crippen LogP contribution in [0.5, 0.6) is 0 Å². The highest BCUT2D eigenvalue weighted by atomic mass is 16.4. The lowest BCUT2D eigenvalue weighted by Crippen LogP contribution is -2.48. The largest absolute Gasteiger partial charge is 0.481 e. The molecule has 0 aliphatic heterocycles. The minimum Gasteiger partial charge on any atom is -0.481 e. The minimum absolute atomic E-state index is 0.0660. The van der Waals surface area contributed by atoms with E-state index in [4.69, 9.17) is 10.8 Å². The molecule has 1 rings (SSSR count). The highest BCUT2D eigenvalue weighted by molar-refractivity contribution is 5.82. The molecule has 3 N–H and O–H groups in total. The average molecular weight is 278 g/mol. The summed E-state index contributed by atoms with van der Waals surface area (Å²) in [6, 6.07) is 8.84. The molecule has 5 heteroatoms. The van der Waals surface area contributed by atoms with Crippen LogP contribution >= 0.6 is 0 Å². The monoisotopic (exact) mass is 278 g/mol. The van der Waals surface area contributed by atoms with Crippen molar-refractivity contribution in [3.8, 4) is 0 Å². The Morgan fingerprint density at radius 3 is 2.35 bits per heavy atom. The molecule has 0 fully saturated rings. The number of carboxylic acid groups (broad SMARTS) is 1. The molecule has 1 atom stereocenters. The summed E-state index contributed by atoms with van der Waals surface area (Å²) in [6.45, 7) is 3.90. The number of nitrogens with two attached hydrogens (primary N) is 1. The molecule has 0 saturated carbocycles. The van der Waals surface area contributed by atoms with Gasteiger partial charge in [-0.2, -0.15) is 0 Å². The van der Waals surface area contributed by atoms with E-state index in [1.54, 1.807) is 0 Å². The third-order valence-corrected chi connectivity index (χ3v) is 3.09. The molecular weight excluding hydrogens is 256 g/mol. The molecule has 1 aromatic rings. The van der Waals surface area contributed by atoms with Crippen LogP contribution in [0.4, 0.5) is 0 Å². The van der Waals surface area contributed by atoms with E-state index in [0.717, 1.165) is 5.56 Å². The standard InChI is InChI=1S/C15H22N2O3/c1-11(2)17(9-8-14(18)19)15(20)13(16)10-12-6-4-3-5-7-12/h3-7,11,13H,8-10,16H2,1-2H3,(H,18,19)/t13-/m1/s1. The zero-order chi connectivity index (χ0) is 15.1. The van der Waals surface area contributed by atoms with Gasteiger partial charge >= 0.3 is 5.97 Å². The van der Waals surface area contributed by atoms with Crippen LogP contribution < -0.4 is 5.73 Å². The van der Waals surface area contributed by atoms with Crippen LogP contribution in [-0.4, -0.2) is 40.5 Å². The maximum absolute atomic E-state index is 12.3. The number of amides is 1. The van der Waals surface area contributed by atoms with Crippen LogP contribution in [0.15, 0.2) is 30.3 Å². The molecule has 1 aromatic carbocycles. The predicted molar refractivity (Wildman–Crippen MR) is 77.2 cm³/mol. The van der Waals surface area contributed by atoms with Crippen molar-refractivity contribution in [2.75, 3.05) is 6.54 Å². The molecule has 20 heavy (non-hydrogen) atoms. The van der Waals surface area contributed by atoms with E-state index in [9.17, 15) is 9.59 Å². The Morgan fingerprint density at radius 2 is 1.85 bits per heavy atom. The van der Waals surface area contributed by atoms with Crippen LogP contribution in [0.3, 0.4) is 0 Å². The number of rotatable bonds is 7. The lowest BCUT2D eigenvalue weighted by molar-refractivity contribution is -0.139. The predicted octanol–water partition coefficient (Wildman–Crippen LogP) is 1.27. The van der Waals surface area contributed by atoms with Gasteiger partial charge in [-0.25, -0.2) is 0 Å². The molecule has 0 radical (unpaired) electrons. The molecule has 0 heterocycles. The van der Waals surface area contributed by atoms with Crippen molar-refractivity contribution in [2.24, 2.45) is 5.73 Å². The Bertz CT molecular complexity index is 446. The van der Waals surface area contributed by atoms with Crippen LogP contribution in [0, 0.1) is 0 Å². The fourth-order valence-corrected chi connectivity index (χ4v) is 2.01. The van der Waals surface area contributed by atoms with Gasteiger partial charge in [-0.3, -0.25) is 9.59 Å². The topological polar surface area (TPSA) is 83.6 Å². The van der Waals surface area contributed by atoms with Gasteiger partial charge in [-0.15, -0.1) is 0 Å². The van der Waals surface area contributed by atoms with E-state index in [2.05, 4.69) is 0 Å². The molecule has 0 bridgehead atoms. The summed E-state index contributed by atoms with van der Waals surface area (Å²) in [4.78, 5) is 24.5. The third-order valence-electron chi connectivity index (χ3n) is 3.09. The molecule has 0 spiro atoms. The second-order valence-corrected chi connectivity index (χ2v) is 5.07. The van der Waals surface area contributed by atoms with E-state index in [1.807, 2.05) is 44.2 Å². The van der Waals surface area contributed by atoms with E-state index in [-0.39, 0.29) is 24.9 Å². The van der Waals surface area contributed by atoms with Crippen molar-refractivity contribution in [3.05, 3.63) is 35.9 Å². The highest BCUT2D eigenvalue weighted by Gasteiger charge is 2.23. The first-order valence-electron chi connectivity index (χ1n) is 6.73. The fraction of sp³-hybridized carbons (Fsp3) is 0.467. The normalized spacial score (nSPS) is 12.2. The van der Waals surface area contributed by atoms with Crippen LogP contribution in [0.25, 0.3) is 0 Å². The molecule has 1 amide bonds. The van der Waals surface area contributed by atoms with Gasteiger partial charge in [0.25, 0.3) is 0 Å². The molecule has 0 saturated heterocycles. The van der Waals surface area contributed by atoms with Gasteiger partial charge in [0, 0.05) is 12.6 Å². The van der Waals surface area contributed by atoms with E-state index >= 15 is 0 Å². The summed E-state index contributed by atoms with van der Waals surface area (Å²) < 4.78 is 0. The molecule has 0 unspecified atom stereocenters. The smallest absolute Gasteiger partial charge is 0.305 e.